The van der Waals surface area contributed by atoms with Crippen LogP contribution in [0.3, 0.4) is 0 Å². The highest BCUT2D eigenvalue weighted by Gasteiger charge is 2.34. The van der Waals surface area contributed by atoms with Crippen LogP contribution in [0, 0.1) is 13.8 Å². The predicted molar refractivity (Wildman–Crippen MR) is 90.7 cm³/mol. The molecule has 1 heterocycles. The van der Waals surface area contributed by atoms with Crippen LogP contribution < -0.4 is 0 Å². The fourth-order valence-electron chi connectivity index (χ4n) is 3.00. The van der Waals surface area contributed by atoms with Crippen LogP contribution in [0.2, 0.25) is 0 Å². The molecule has 2 amide bonds. The van der Waals surface area contributed by atoms with Gasteiger partial charge in [-0.2, -0.15) is 0 Å². The number of fused-ring (bicyclic) bond motifs is 1. The summed E-state index contributed by atoms with van der Waals surface area (Å²) >= 11 is 0. The largest absolute Gasteiger partial charge is 0.274 e. The van der Waals surface area contributed by atoms with Gasteiger partial charge in [-0.05, 0) is 61.9 Å². The summed E-state index contributed by atoms with van der Waals surface area (Å²) in [7, 11) is 0. The van der Waals surface area contributed by atoms with Gasteiger partial charge in [0.05, 0.1) is 11.1 Å². The van der Waals surface area contributed by atoms with Crippen molar-refractivity contribution in [1.29, 1.82) is 0 Å². The van der Waals surface area contributed by atoms with Gasteiger partial charge in [-0.25, -0.2) is 0 Å². The van der Waals surface area contributed by atoms with Gasteiger partial charge in [0.25, 0.3) is 11.8 Å². The molecule has 23 heavy (non-hydrogen) atoms. The minimum absolute atomic E-state index is 0.156. The summed E-state index contributed by atoms with van der Waals surface area (Å²) < 4.78 is 0. The van der Waals surface area contributed by atoms with E-state index in [4.69, 9.17) is 0 Å². The Labute approximate surface area is 136 Å². The van der Waals surface area contributed by atoms with Crippen LogP contribution >= 0.6 is 0 Å². The first-order valence-corrected chi connectivity index (χ1v) is 8.09. The van der Waals surface area contributed by atoms with E-state index in [9.17, 15) is 9.59 Å². The molecule has 1 aliphatic heterocycles. The topological polar surface area (TPSA) is 37.4 Å². The Balaban J connectivity index is 1.55. The quantitative estimate of drug-likeness (QED) is 0.620. The maximum absolute atomic E-state index is 12.3. The molecule has 0 bridgehead atoms. The molecule has 3 rings (SSSR count). The Morgan fingerprint density at radius 3 is 2.09 bits per heavy atom. The van der Waals surface area contributed by atoms with Crippen LogP contribution in [0.15, 0.2) is 42.5 Å². The number of nitrogens with zero attached hydrogens (tertiary/aromatic N) is 1. The number of carbonyl (C=O) groups excluding carboxylic acids is 2. The van der Waals surface area contributed by atoms with Gasteiger partial charge in [0.1, 0.15) is 0 Å². The van der Waals surface area contributed by atoms with Crippen molar-refractivity contribution in [3.63, 3.8) is 0 Å². The van der Waals surface area contributed by atoms with Crippen molar-refractivity contribution in [2.24, 2.45) is 0 Å². The van der Waals surface area contributed by atoms with E-state index in [0.717, 1.165) is 19.3 Å². The molecule has 3 heteroatoms. The molecule has 2 aromatic carbocycles. The second-order valence-corrected chi connectivity index (χ2v) is 6.18. The summed E-state index contributed by atoms with van der Waals surface area (Å²) in [6, 6.07) is 13.6. The third kappa shape index (κ3) is 3.04. The molecule has 0 saturated carbocycles. The van der Waals surface area contributed by atoms with Crippen molar-refractivity contribution >= 4 is 11.8 Å². The van der Waals surface area contributed by atoms with Crippen LogP contribution in [0.4, 0.5) is 0 Å². The number of hydrogen-bond donors (Lipinski definition) is 0. The molecule has 0 unspecified atom stereocenters. The van der Waals surface area contributed by atoms with Gasteiger partial charge in [-0.1, -0.05) is 30.3 Å². The summed E-state index contributed by atoms with van der Waals surface area (Å²) in [6.45, 7) is 4.73. The molecule has 3 nitrogen and oxygen atoms in total. The maximum atomic E-state index is 12.3. The minimum Gasteiger partial charge on any atom is -0.274 e. The number of unbranched alkanes of at least 4 members (excludes halogenated alkanes) is 1. The minimum atomic E-state index is -0.156. The van der Waals surface area contributed by atoms with Crippen LogP contribution in [0.25, 0.3) is 0 Å². The highest BCUT2D eigenvalue weighted by Crippen LogP contribution is 2.23. The van der Waals surface area contributed by atoms with E-state index in [2.05, 4.69) is 32.0 Å². The Morgan fingerprint density at radius 2 is 1.48 bits per heavy atom. The van der Waals surface area contributed by atoms with Crippen molar-refractivity contribution < 1.29 is 9.59 Å². The summed E-state index contributed by atoms with van der Waals surface area (Å²) in [4.78, 5) is 25.9. The Morgan fingerprint density at radius 1 is 0.826 bits per heavy atom. The molecule has 0 aromatic heterocycles. The molecular formula is C20H21NO2. The van der Waals surface area contributed by atoms with E-state index in [-0.39, 0.29) is 11.8 Å². The predicted octanol–water partition coefficient (Wildman–Crippen LogP) is 3.92. The molecule has 118 valence electrons. The lowest BCUT2D eigenvalue weighted by Gasteiger charge is -2.13. The summed E-state index contributed by atoms with van der Waals surface area (Å²) in [5.74, 6) is -0.312. The molecule has 0 spiro atoms. The van der Waals surface area contributed by atoms with Crippen LogP contribution in [-0.4, -0.2) is 23.3 Å². The van der Waals surface area contributed by atoms with E-state index in [1.165, 1.54) is 21.6 Å². The zero-order valence-electron chi connectivity index (χ0n) is 13.6. The number of benzene rings is 2. The molecule has 0 fully saturated rings. The van der Waals surface area contributed by atoms with Crippen LogP contribution in [0.5, 0.6) is 0 Å². The van der Waals surface area contributed by atoms with E-state index in [1.54, 1.807) is 24.3 Å². The van der Waals surface area contributed by atoms with E-state index >= 15 is 0 Å². The maximum Gasteiger partial charge on any atom is 0.261 e. The molecule has 0 saturated heterocycles. The SMILES string of the molecule is Cc1ccc(CCCCN2C(=O)c3ccccc3C2=O)cc1C. The lowest BCUT2D eigenvalue weighted by atomic mass is 10.0. The molecule has 0 atom stereocenters. The Hall–Kier alpha value is -2.42. The van der Waals surface area contributed by atoms with Gasteiger partial charge in [0.15, 0.2) is 0 Å². The van der Waals surface area contributed by atoms with Crippen molar-refractivity contribution in [3.8, 4) is 0 Å². The third-order valence-corrected chi connectivity index (χ3v) is 4.55. The van der Waals surface area contributed by atoms with Crippen LogP contribution in [0.1, 0.15) is 50.2 Å². The van der Waals surface area contributed by atoms with Gasteiger partial charge in [-0.3, -0.25) is 14.5 Å². The first kappa shape index (κ1) is 15.5. The summed E-state index contributed by atoms with van der Waals surface area (Å²) in [5.41, 5.74) is 5.00. The van der Waals surface area contributed by atoms with E-state index < -0.39 is 0 Å². The molecule has 1 aliphatic rings. The van der Waals surface area contributed by atoms with Gasteiger partial charge >= 0.3 is 0 Å². The van der Waals surface area contributed by atoms with E-state index in [1.807, 2.05) is 0 Å². The van der Waals surface area contributed by atoms with Gasteiger partial charge < -0.3 is 0 Å². The smallest absolute Gasteiger partial charge is 0.261 e. The zero-order valence-corrected chi connectivity index (χ0v) is 13.6. The fraction of sp³-hybridized carbons (Fsp3) is 0.300. The fourth-order valence-corrected chi connectivity index (χ4v) is 3.00. The van der Waals surface area contributed by atoms with E-state index in [0.29, 0.717) is 17.7 Å². The lowest BCUT2D eigenvalue weighted by Crippen LogP contribution is -2.30. The first-order chi connectivity index (χ1) is 11.1. The summed E-state index contributed by atoms with van der Waals surface area (Å²) in [5, 5.41) is 0. The number of imide groups is 1. The molecule has 0 N–H and O–H groups in total. The molecular weight excluding hydrogens is 286 g/mol. The Bertz CT molecular complexity index is 729. The molecule has 2 aromatic rings. The molecule has 0 radical (unpaired) electrons. The average molecular weight is 307 g/mol. The average Bonchev–Trinajstić information content (AvgIpc) is 2.80. The van der Waals surface area contributed by atoms with Crippen molar-refractivity contribution in [3.05, 3.63) is 70.3 Å². The van der Waals surface area contributed by atoms with Crippen molar-refractivity contribution in [2.75, 3.05) is 6.54 Å². The standard InChI is InChI=1S/C20H21NO2/c1-14-10-11-16(13-15(14)2)7-5-6-12-21-19(22)17-8-3-4-9-18(17)20(21)23/h3-4,8-11,13H,5-7,12H2,1-2H3. The van der Waals surface area contributed by atoms with Gasteiger partial charge in [0, 0.05) is 6.54 Å². The third-order valence-electron chi connectivity index (χ3n) is 4.55. The molecule has 0 aliphatic carbocycles. The second kappa shape index (κ2) is 6.37. The lowest BCUT2D eigenvalue weighted by molar-refractivity contribution is 0.0652. The number of amides is 2. The Kier molecular flexibility index (Phi) is 4.28. The van der Waals surface area contributed by atoms with Crippen molar-refractivity contribution in [2.45, 2.75) is 33.1 Å². The van der Waals surface area contributed by atoms with Crippen molar-refractivity contribution in [1.82, 2.24) is 4.90 Å². The number of aryl methyl sites for hydroxylation is 3. The normalized spacial score (nSPS) is 13.6. The second-order valence-electron chi connectivity index (χ2n) is 6.18. The number of carbonyl (C=O) groups is 2. The van der Waals surface area contributed by atoms with Gasteiger partial charge in [0.2, 0.25) is 0 Å². The highest BCUT2D eigenvalue weighted by atomic mass is 16.2. The zero-order chi connectivity index (χ0) is 16.4. The van der Waals surface area contributed by atoms with Crippen LogP contribution in [-0.2, 0) is 6.42 Å². The van der Waals surface area contributed by atoms with Gasteiger partial charge in [-0.15, -0.1) is 0 Å². The number of hydrogen-bond acceptors (Lipinski definition) is 2. The first-order valence-electron chi connectivity index (χ1n) is 8.09. The monoisotopic (exact) mass is 307 g/mol. The highest BCUT2D eigenvalue weighted by molar-refractivity contribution is 6.21. The number of rotatable bonds is 5. The summed E-state index contributed by atoms with van der Waals surface area (Å²) in [6.07, 6.45) is 2.78.